The summed E-state index contributed by atoms with van der Waals surface area (Å²) in [4.78, 5) is 23.7. The van der Waals surface area contributed by atoms with E-state index in [0.29, 0.717) is 11.4 Å². The summed E-state index contributed by atoms with van der Waals surface area (Å²) < 4.78 is 35.3. The summed E-state index contributed by atoms with van der Waals surface area (Å²) in [6.45, 7) is 1.06. The molecule has 0 saturated heterocycles. The zero-order valence-corrected chi connectivity index (χ0v) is 16.7. The van der Waals surface area contributed by atoms with E-state index in [2.05, 4.69) is 5.32 Å². The van der Waals surface area contributed by atoms with Crippen molar-refractivity contribution in [1.82, 2.24) is 4.31 Å². The third-order valence-corrected chi connectivity index (χ3v) is 5.55. The second-order valence-corrected chi connectivity index (χ2v) is 8.23. The van der Waals surface area contributed by atoms with Crippen LogP contribution in [0.25, 0.3) is 0 Å². The van der Waals surface area contributed by atoms with Crippen LogP contribution in [-0.2, 0) is 24.3 Å². The van der Waals surface area contributed by atoms with Crippen LogP contribution in [0.2, 0.25) is 0 Å². The van der Waals surface area contributed by atoms with Crippen LogP contribution in [0.15, 0.2) is 53.4 Å². The van der Waals surface area contributed by atoms with Crippen molar-refractivity contribution in [2.45, 2.75) is 11.8 Å². The lowest BCUT2D eigenvalue weighted by atomic mass is 10.2. The molecule has 0 fully saturated rings. The lowest BCUT2D eigenvalue weighted by molar-refractivity contribution is -0.149. The van der Waals surface area contributed by atoms with Crippen molar-refractivity contribution in [3.63, 3.8) is 0 Å². The molecule has 0 aromatic heterocycles. The van der Waals surface area contributed by atoms with E-state index in [9.17, 15) is 18.0 Å². The fourth-order valence-corrected chi connectivity index (χ4v) is 3.06. The van der Waals surface area contributed by atoms with E-state index in [1.807, 2.05) is 19.1 Å². The van der Waals surface area contributed by atoms with Gasteiger partial charge in [-0.2, -0.15) is 0 Å². The van der Waals surface area contributed by atoms with Gasteiger partial charge >= 0.3 is 5.97 Å². The van der Waals surface area contributed by atoms with Crippen LogP contribution in [-0.4, -0.2) is 51.9 Å². The quantitative estimate of drug-likeness (QED) is 0.671. The molecule has 0 bridgehead atoms. The van der Waals surface area contributed by atoms with Gasteiger partial charge in [0.05, 0.1) is 4.90 Å². The van der Waals surface area contributed by atoms with Gasteiger partial charge in [-0.1, -0.05) is 18.2 Å². The summed E-state index contributed by atoms with van der Waals surface area (Å²) in [6, 6.07) is 12.9. The van der Waals surface area contributed by atoms with Crippen LogP contribution in [0.5, 0.6) is 5.75 Å². The maximum Gasteiger partial charge on any atom is 0.344 e. The van der Waals surface area contributed by atoms with Gasteiger partial charge in [-0.15, -0.1) is 0 Å². The van der Waals surface area contributed by atoms with Gasteiger partial charge in [-0.3, -0.25) is 4.79 Å². The first-order chi connectivity index (χ1) is 13.2. The maximum atomic E-state index is 12.0. The van der Waals surface area contributed by atoms with Gasteiger partial charge in [-0.05, 0) is 42.8 Å². The van der Waals surface area contributed by atoms with Crippen LogP contribution < -0.4 is 10.1 Å². The number of esters is 1. The Hall–Kier alpha value is -2.91. The lowest BCUT2D eigenvalue weighted by Crippen LogP contribution is -2.24. The van der Waals surface area contributed by atoms with Crippen LogP contribution in [0.3, 0.4) is 0 Å². The van der Waals surface area contributed by atoms with E-state index in [1.165, 1.54) is 38.4 Å². The van der Waals surface area contributed by atoms with Gasteiger partial charge in [0.25, 0.3) is 5.91 Å². The summed E-state index contributed by atoms with van der Waals surface area (Å²) in [5.41, 5.74) is 1.27. The van der Waals surface area contributed by atoms with Crippen molar-refractivity contribution < 1.29 is 27.5 Å². The molecule has 150 valence electrons. The monoisotopic (exact) mass is 406 g/mol. The smallest absolute Gasteiger partial charge is 0.344 e. The van der Waals surface area contributed by atoms with Crippen LogP contribution >= 0.6 is 0 Å². The lowest BCUT2D eigenvalue weighted by Gasteiger charge is -2.12. The van der Waals surface area contributed by atoms with Crippen molar-refractivity contribution in [3.05, 3.63) is 54.1 Å². The van der Waals surface area contributed by atoms with Gasteiger partial charge in [0.15, 0.2) is 13.2 Å². The number of anilines is 1. The number of ether oxygens (including phenoxy) is 2. The molecule has 0 radical (unpaired) electrons. The molecule has 1 N–H and O–H groups in total. The number of rotatable bonds is 8. The Balaban J connectivity index is 1.81. The Morgan fingerprint density at radius 3 is 2.25 bits per heavy atom. The number of nitrogens with one attached hydrogen (secondary N) is 1. The molecule has 0 saturated carbocycles. The first-order valence-electron chi connectivity index (χ1n) is 8.36. The van der Waals surface area contributed by atoms with Crippen molar-refractivity contribution in [3.8, 4) is 5.75 Å². The van der Waals surface area contributed by atoms with Gasteiger partial charge < -0.3 is 14.8 Å². The molecule has 2 aromatic rings. The summed E-state index contributed by atoms with van der Waals surface area (Å²) >= 11 is 0. The largest absolute Gasteiger partial charge is 0.482 e. The molecule has 0 unspecified atom stereocenters. The molecule has 0 aliphatic carbocycles. The van der Waals surface area contributed by atoms with Gasteiger partial charge in [-0.25, -0.2) is 17.5 Å². The van der Waals surface area contributed by atoms with Crippen molar-refractivity contribution >= 4 is 27.6 Å². The predicted molar refractivity (Wildman–Crippen MR) is 104 cm³/mol. The third kappa shape index (κ3) is 5.80. The Morgan fingerprint density at radius 2 is 1.64 bits per heavy atom. The van der Waals surface area contributed by atoms with Crippen molar-refractivity contribution in [2.24, 2.45) is 0 Å². The zero-order chi connectivity index (χ0) is 20.7. The molecule has 2 aromatic carbocycles. The number of benzene rings is 2. The fraction of sp³-hybridized carbons (Fsp3) is 0.263. The molecule has 28 heavy (non-hydrogen) atoms. The van der Waals surface area contributed by atoms with Gasteiger partial charge in [0, 0.05) is 19.8 Å². The van der Waals surface area contributed by atoms with Crippen molar-refractivity contribution in [2.75, 3.05) is 32.6 Å². The van der Waals surface area contributed by atoms with Crippen LogP contribution in [0.1, 0.15) is 5.56 Å². The molecule has 0 spiro atoms. The van der Waals surface area contributed by atoms with Gasteiger partial charge in [0.2, 0.25) is 10.0 Å². The summed E-state index contributed by atoms with van der Waals surface area (Å²) in [7, 11) is -0.673. The molecule has 0 heterocycles. The van der Waals surface area contributed by atoms with Crippen molar-refractivity contribution in [1.29, 1.82) is 0 Å². The Morgan fingerprint density at radius 1 is 1.00 bits per heavy atom. The second-order valence-electron chi connectivity index (χ2n) is 6.07. The molecule has 0 aliphatic heterocycles. The number of hydrogen-bond acceptors (Lipinski definition) is 6. The van der Waals surface area contributed by atoms with E-state index in [4.69, 9.17) is 9.47 Å². The fourth-order valence-electron chi connectivity index (χ4n) is 2.16. The minimum Gasteiger partial charge on any atom is -0.482 e. The SMILES string of the molecule is Cc1ccccc1OCC(=O)OCC(=O)Nc1ccc(S(=O)(=O)N(C)C)cc1. The number of aryl methyl sites for hydroxylation is 1. The minimum absolute atomic E-state index is 0.107. The molecule has 0 aliphatic rings. The molecule has 8 nitrogen and oxygen atoms in total. The number of carbonyl (C=O) groups is 2. The van der Waals surface area contributed by atoms with Gasteiger partial charge in [0.1, 0.15) is 5.75 Å². The number of hydrogen-bond donors (Lipinski definition) is 1. The highest BCUT2D eigenvalue weighted by Gasteiger charge is 2.17. The number of sulfonamides is 1. The topological polar surface area (TPSA) is 102 Å². The zero-order valence-electron chi connectivity index (χ0n) is 15.8. The summed E-state index contributed by atoms with van der Waals surface area (Å²) in [5.74, 6) is -0.657. The van der Waals surface area contributed by atoms with E-state index in [1.54, 1.807) is 12.1 Å². The van der Waals surface area contributed by atoms with Crippen LogP contribution in [0, 0.1) is 6.92 Å². The Bertz CT molecular complexity index is 939. The number of nitrogens with zero attached hydrogens (tertiary/aromatic N) is 1. The van der Waals surface area contributed by atoms with E-state index < -0.39 is 28.5 Å². The molecular formula is C19H22N2O6S. The number of carbonyl (C=O) groups excluding carboxylic acids is 2. The highest BCUT2D eigenvalue weighted by Crippen LogP contribution is 2.17. The predicted octanol–water partition coefficient (Wildman–Crippen LogP) is 1.81. The summed E-state index contributed by atoms with van der Waals surface area (Å²) in [5, 5.41) is 2.52. The minimum atomic E-state index is -3.54. The molecule has 0 atom stereocenters. The standard InChI is InChI=1S/C19H22N2O6S/c1-14-6-4-5-7-17(14)26-13-19(23)27-12-18(22)20-15-8-10-16(11-9-15)28(24,25)21(2)3/h4-11H,12-13H2,1-3H3,(H,20,22). The Labute approximate surface area is 164 Å². The number of amides is 1. The first kappa shape index (κ1) is 21.4. The average Bonchev–Trinajstić information content (AvgIpc) is 2.66. The van der Waals surface area contributed by atoms with E-state index in [-0.39, 0.29) is 11.5 Å². The highest BCUT2D eigenvalue weighted by molar-refractivity contribution is 7.89. The first-order valence-corrected chi connectivity index (χ1v) is 9.80. The second kappa shape index (κ2) is 9.34. The maximum absolute atomic E-state index is 12.0. The number of para-hydroxylation sites is 1. The molecule has 2 rings (SSSR count). The molecule has 9 heteroatoms. The molecule has 1 amide bonds. The average molecular weight is 406 g/mol. The summed E-state index contributed by atoms with van der Waals surface area (Å²) in [6.07, 6.45) is 0. The third-order valence-electron chi connectivity index (χ3n) is 3.72. The normalized spacial score (nSPS) is 11.1. The van der Waals surface area contributed by atoms with E-state index in [0.717, 1.165) is 9.87 Å². The molecular weight excluding hydrogens is 384 g/mol. The Kier molecular flexibility index (Phi) is 7.13. The highest BCUT2D eigenvalue weighted by atomic mass is 32.2. The van der Waals surface area contributed by atoms with E-state index >= 15 is 0 Å². The van der Waals surface area contributed by atoms with Crippen LogP contribution in [0.4, 0.5) is 5.69 Å².